The highest BCUT2D eigenvalue weighted by Gasteiger charge is 2.38. The summed E-state index contributed by atoms with van der Waals surface area (Å²) in [4.78, 5) is 58.2. The molecule has 10 rings (SSSR count). The van der Waals surface area contributed by atoms with Crippen LogP contribution in [0.4, 0.5) is 0 Å². The number of hydrogen-bond acceptors (Lipinski definition) is 6. The molecule has 4 aliphatic rings. The van der Waals surface area contributed by atoms with Gasteiger partial charge in [-0.1, -0.05) is 60.7 Å². The third-order valence-electron chi connectivity index (χ3n) is 10.6. The van der Waals surface area contributed by atoms with Gasteiger partial charge >= 0.3 is 0 Å². The molecule has 0 aliphatic heterocycles. The lowest BCUT2D eigenvalue weighted by atomic mass is 9.75. The average molecular weight is 683 g/mol. The second kappa shape index (κ2) is 10.5. The van der Waals surface area contributed by atoms with Crippen molar-refractivity contribution in [3.63, 3.8) is 0 Å². The second-order valence-electron chi connectivity index (χ2n) is 13.5. The van der Waals surface area contributed by atoms with Crippen molar-refractivity contribution >= 4 is 90.6 Å². The molecule has 4 aromatic carbocycles. The summed E-state index contributed by atoms with van der Waals surface area (Å²) in [5.74, 6) is -0.688. The Balaban J connectivity index is 0.989. The van der Waals surface area contributed by atoms with Gasteiger partial charge in [0.1, 0.15) is 0 Å². The lowest BCUT2D eigenvalue weighted by molar-refractivity contribution is 0.0975. The van der Waals surface area contributed by atoms with Gasteiger partial charge in [-0.05, 0) is 106 Å². The number of allylic oxidation sites excluding steroid dienone is 6. The molecular weight excluding hydrogens is 657 g/mol. The first-order valence-corrected chi connectivity index (χ1v) is 18.2. The van der Waals surface area contributed by atoms with Crippen LogP contribution < -0.4 is 0 Å². The molecule has 2 heterocycles. The first-order chi connectivity index (χ1) is 24.2. The van der Waals surface area contributed by atoms with Crippen molar-refractivity contribution in [3.05, 3.63) is 161 Å². The summed E-state index contributed by atoms with van der Waals surface area (Å²) in [6.07, 6.45) is 8.17. The second-order valence-corrected chi connectivity index (χ2v) is 15.8. The molecule has 50 heavy (non-hydrogen) atoms. The molecule has 0 saturated carbocycles. The van der Waals surface area contributed by atoms with Crippen LogP contribution in [0.25, 0.3) is 44.8 Å². The minimum atomic E-state index is -0.221. The molecule has 0 saturated heterocycles. The summed E-state index contributed by atoms with van der Waals surface area (Å²) < 4.78 is 0. The Bertz CT molecular complexity index is 2460. The molecule has 0 N–H and O–H groups in total. The Hall–Kier alpha value is -5.56. The topological polar surface area (TPSA) is 68.3 Å². The Kier molecular flexibility index (Phi) is 6.15. The van der Waals surface area contributed by atoms with E-state index in [0.29, 0.717) is 22.3 Å². The van der Waals surface area contributed by atoms with E-state index in [2.05, 4.69) is 38.1 Å². The van der Waals surface area contributed by atoms with Crippen molar-refractivity contribution in [3.8, 4) is 0 Å². The predicted molar refractivity (Wildman–Crippen MR) is 203 cm³/mol. The van der Waals surface area contributed by atoms with E-state index in [1.807, 2.05) is 72.8 Å². The zero-order valence-corrected chi connectivity index (χ0v) is 28.6. The Morgan fingerprint density at radius 3 is 1.10 bits per heavy atom. The molecule has 0 amide bonds. The summed E-state index contributed by atoms with van der Waals surface area (Å²) in [5.41, 5.74) is 6.89. The molecule has 0 radical (unpaired) electrons. The third-order valence-corrected chi connectivity index (χ3v) is 12.9. The van der Waals surface area contributed by atoms with Gasteiger partial charge in [-0.3, -0.25) is 19.2 Å². The number of ketones is 4. The molecule has 2 aromatic heterocycles. The van der Waals surface area contributed by atoms with E-state index in [-0.39, 0.29) is 46.1 Å². The summed E-state index contributed by atoms with van der Waals surface area (Å²) in [6.45, 7) is 4.23. The number of hydrogen-bond donors (Lipinski definition) is 0. The predicted octanol–water partition coefficient (Wildman–Crippen LogP) is 10.7. The van der Waals surface area contributed by atoms with Crippen LogP contribution in [-0.2, 0) is 0 Å². The summed E-state index contributed by atoms with van der Waals surface area (Å²) in [5, 5.41) is 3.77. The van der Waals surface area contributed by atoms with Crippen molar-refractivity contribution in [2.45, 2.75) is 25.7 Å². The van der Waals surface area contributed by atoms with E-state index < -0.39 is 0 Å². The highest BCUT2D eigenvalue weighted by molar-refractivity contribution is 7.14. The first kappa shape index (κ1) is 29.4. The van der Waals surface area contributed by atoms with Crippen LogP contribution in [0.5, 0.6) is 0 Å². The normalized spacial score (nSPS) is 18.9. The van der Waals surface area contributed by atoms with E-state index in [1.54, 1.807) is 34.8 Å². The van der Waals surface area contributed by atoms with Crippen LogP contribution in [0.3, 0.4) is 0 Å². The van der Waals surface area contributed by atoms with Crippen molar-refractivity contribution in [2.75, 3.05) is 0 Å². The van der Waals surface area contributed by atoms with E-state index >= 15 is 0 Å². The number of Topliss-reactive ketones (excluding diaryl/α,β-unsaturated/α-hetero) is 4. The largest absolute Gasteiger partial charge is 0.288 e. The van der Waals surface area contributed by atoms with Crippen molar-refractivity contribution in [2.24, 2.45) is 0 Å². The van der Waals surface area contributed by atoms with Crippen molar-refractivity contribution in [1.82, 2.24) is 0 Å². The molecule has 0 fully saturated rings. The molecule has 238 valence electrons. The van der Waals surface area contributed by atoms with E-state index in [9.17, 15) is 19.2 Å². The quantitative estimate of drug-likeness (QED) is 0.135. The maximum absolute atomic E-state index is 13.5. The van der Waals surface area contributed by atoms with E-state index in [1.165, 1.54) is 9.75 Å². The molecule has 6 heteroatoms. The lowest BCUT2D eigenvalue weighted by Gasteiger charge is -2.31. The number of carbonyl (C=O) groups excluding carboxylic acids is 4. The minimum absolute atomic E-state index is 0.0985. The molecule has 4 nitrogen and oxygen atoms in total. The van der Waals surface area contributed by atoms with Crippen LogP contribution in [-0.4, -0.2) is 23.1 Å². The van der Waals surface area contributed by atoms with Gasteiger partial charge in [0.05, 0.1) is 11.1 Å². The van der Waals surface area contributed by atoms with Gasteiger partial charge < -0.3 is 0 Å². The molecule has 6 aromatic rings. The monoisotopic (exact) mass is 682 g/mol. The van der Waals surface area contributed by atoms with Gasteiger partial charge in [0.25, 0.3) is 0 Å². The number of thiophene rings is 2. The molecule has 2 unspecified atom stereocenters. The summed E-state index contributed by atoms with van der Waals surface area (Å²) >= 11 is 3.28. The fraction of sp³-hybridized carbons (Fsp3) is 0.0909. The van der Waals surface area contributed by atoms with Gasteiger partial charge in [-0.2, -0.15) is 0 Å². The number of benzene rings is 4. The number of carbonyl (C=O) groups is 4. The first-order valence-electron chi connectivity index (χ1n) is 16.6. The maximum Gasteiger partial charge on any atom is 0.197 e. The maximum atomic E-state index is 13.5. The van der Waals surface area contributed by atoms with Gasteiger partial charge in [0.15, 0.2) is 23.1 Å². The van der Waals surface area contributed by atoms with Crippen molar-refractivity contribution < 1.29 is 19.2 Å². The molecule has 2 atom stereocenters. The van der Waals surface area contributed by atoms with E-state index in [0.717, 1.165) is 53.6 Å². The Labute approximate surface area is 295 Å². The number of fused-ring (bicyclic) bond motifs is 9. The summed E-state index contributed by atoms with van der Waals surface area (Å²) in [6, 6.07) is 27.1. The fourth-order valence-electron chi connectivity index (χ4n) is 8.07. The van der Waals surface area contributed by atoms with E-state index in [4.69, 9.17) is 0 Å². The van der Waals surface area contributed by atoms with Gasteiger partial charge in [-0.15, -0.1) is 22.7 Å². The van der Waals surface area contributed by atoms with Gasteiger partial charge in [0.2, 0.25) is 0 Å². The fourth-order valence-corrected chi connectivity index (χ4v) is 10.6. The average Bonchev–Trinajstić information content (AvgIpc) is 3.86. The Morgan fingerprint density at radius 2 is 0.780 bits per heavy atom. The van der Waals surface area contributed by atoms with Crippen LogP contribution in [0.2, 0.25) is 0 Å². The minimum Gasteiger partial charge on any atom is -0.288 e. The molecule has 0 spiro atoms. The number of rotatable bonds is 2. The third kappa shape index (κ3) is 4.16. The molecular formula is C44H26O4S2. The van der Waals surface area contributed by atoms with Crippen LogP contribution in [0.15, 0.2) is 108 Å². The standard InChI is InChI=1S/C44H26O4S2/c1-21-11-35-36(43-29(21)17-27(49-43)19-37-39(45)31-13-23-7-3-4-8-24(23)14-32(31)40(37)46)12-22(2)30-18-28(50-44(30)35)20-38-41(47)33-15-25-9-5-6-10-26(25)16-34(33)42(38)48/h3-20,35-36H,1-2H3. The highest BCUT2D eigenvalue weighted by Crippen LogP contribution is 2.54. The van der Waals surface area contributed by atoms with Crippen LogP contribution in [0.1, 0.15) is 97.8 Å². The highest BCUT2D eigenvalue weighted by atomic mass is 32.1. The Morgan fingerprint density at radius 1 is 0.460 bits per heavy atom. The van der Waals surface area contributed by atoms with Crippen LogP contribution in [0, 0.1) is 0 Å². The smallest absolute Gasteiger partial charge is 0.197 e. The zero-order chi connectivity index (χ0) is 34.0. The van der Waals surface area contributed by atoms with Gasteiger partial charge in [-0.25, -0.2) is 0 Å². The molecule has 0 bridgehead atoms. The zero-order valence-electron chi connectivity index (χ0n) is 27.0. The van der Waals surface area contributed by atoms with Crippen LogP contribution >= 0.6 is 22.7 Å². The SMILES string of the molecule is CC1=CC2c3sc(C=C4C(=O)c5cc6ccccc6cc5C4=O)cc3C(C)=CC2c2sc(C=C3C(=O)c4cc5ccccc5cc4C3=O)cc21. The molecule has 4 aliphatic carbocycles. The lowest BCUT2D eigenvalue weighted by Crippen LogP contribution is -2.15. The summed E-state index contributed by atoms with van der Waals surface area (Å²) in [7, 11) is 0. The van der Waals surface area contributed by atoms with Crippen molar-refractivity contribution in [1.29, 1.82) is 0 Å². The van der Waals surface area contributed by atoms with Gasteiger partial charge in [0, 0.05) is 53.6 Å².